The van der Waals surface area contributed by atoms with E-state index in [1.165, 1.54) is 0 Å². The second-order valence-electron chi connectivity index (χ2n) is 5.68. The number of amides is 2. The van der Waals surface area contributed by atoms with E-state index in [-0.39, 0.29) is 24.1 Å². The van der Waals surface area contributed by atoms with Crippen molar-refractivity contribution in [3.05, 3.63) is 36.1 Å². The fourth-order valence-electron chi connectivity index (χ4n) is 2.28. The van der Waals surface area contributed by atoms with Gasteiger partial charge in [0.2, 0.25) is 5.91 Å². The highest BCUT2D eigenvalue weighted by molar-refractivity contribution is 5.98. The van der Waals surface area contributed by atoms with Crippen LogP contribution >= 0.6 is 0 Å². The number of fused-ring (bicyclic) bond motifs is 1. The maximum Gasteiger partial charge on any atom is 0.287 e. The first-order valence-electron chi connectivity index (χ1n) is 7.45. The molecule has 0 aliphatic rings. The summed E-state index contributed by atoms with van der Waals surface area (Å²) in [5.41, 5.74) is 0.618. The average Bonchev–Trinajstić information content (AvgIpc) is 2.95. The number of benzene rings is 1. The average molecular weight is 313 g/mol. The van der Waals surface area contributed by atoms with Crippen LogP contribution in [-0.4, -0.2) is 24.4 Å². The third kappa shape index (κ3) is 4.33. The van der Waals surface area contributed by atoms with Crippen molar-refractivity contribution in [2.24, 2.45) is 5.92 Å². The first kappa shape index (κ1) is 16.6. The van der Waals surface area contributed by atoms with Crippen LogP contribution in [0.2, 0.25) is 0 Å². The zero-order valence-corrected chi connectivity index (χ0v) is 13.1. The van der Waals surface area contributed by atoms with Gasteiger partial charge in [0, 0.05) is 5.39 Å². The van der Waals surface area contributed by atoms with Crippen LogP contribution in [0.5, 0.6) is 0 Å². The van der Waals surface area contributed by atoms with Gasteiger partial charge in [-0.1, -0.05) is 32.0 Å². The molecule has 6 heteroatoms. The van der Waals surface area contributed by atoms with Crippen LogP contribution in [0, 0.1) is 17.2 Å². The van der Waals surface area contributed by atoms with Gasteiger partial charge in [-0.2, -0.15) is 5.26 Å². The maximum atomic E-state index is 12.3. The Morgan fingerprint density at radius 1 is 1.30 bits per heavy atom. The lowest BCUT2D eigenvalue weighted by atomic mass is 10.0. The summed E-state index contributed by atoms with van der Waals surface area (Å²) in [5, 5.41) is 14.5. The van der Waals surface area contributed by atoms with Gasteiger partial charge in [-0.3, -0.25) is 9.59 Å². The van der Waals surface area contributed by atoms with Crippen LogP contribution in [0.15, 0.2) is 34.7 Å². The molecular weight excluding hydrogens is 294 g/mol. The Morgan fingerprint density at radius 3 is 2.70 bits per heavy atom. The fourth-order valence-corrected chi connectivity index (χ4v) is 2.28. The Bertz CT molecular complexity index is 710. The summed E-state index contributed by atoms with van der Waals surface area (Å²) in [6.45, 7) is 3.82. The second-order valence-corrected chi connectivity index (χ2v) is 5.68. The summed E-state index contributed by atoms with van der Waals surface area (Å²) in [7, 11) is 0. The van der Waals surface area contributed by atoms with Crippen molar-refractivity contribution in [1.82, 2.24) is 10.6 Å². The molecule has 1 heterocycles. The molecule has 2 rings (SSSR count). The molecule has 0 bridgehead atoms. The predicted molar refractivity (Wildman–Crippen MR) is 85.5 cm³/mol. The molecule has 0 radical (unpaired) electrons. The van der Waals surface area contributed by atoms with Gasteiger partial charge >= 0.3 is 0 Å². The summed E-state index contributed by atoms with van der Waals surface area (Å²) in [4.78, 5) is 24.4. The molecule has 0 spiro atoms. The molecule has 1 atom stereocenters. The largest absolute Gasteiger partial charge is 0.451 e. The lowest BCUT2D eigenvalue weighted by molar-refractivity contribution is -0.123. The van der Waals surface area contributed by atoms with Gasteiger partial charge in [-0.05, 0) is 24.5 Å². The summed E-state index contributed by atoms with van der Waals surface area (Å²) in [6, 6.07) is 10.1. The van der Waals surface area contributed by atoms with Crippen molar-refractivity contribution in [1.29, 1.82) is 5.26 Å². The summed E-state index contributed by atoms with van der Waals surface area (Å²) >= 11 is 0. The minimum atomic E-state index is -0.705. The van der Waals surface area contributed by atoms with Crippen LogP contribution < -0.4 is 10.6 Å². The molecule has 2 N–H and O–H groups in total. The van der Waals surface area contributed by atoms with Crippen molar-refractivity contribution >= 4 is 22.8 Å². The molecule has 1 aromatic carbocycles. The number of hydrogen-bond acceptors (Lipinski definition) is 4. The molecule has 0 fully saturated rings. The lowest BCUT2D eigenvalue weighted by Crippen LogP contribution is -2.47. The van der Waals surface area contributed by atoms with Crippen LogP contribution in [0.3, 0.4) is 0 Å². The van der Waals surface area contributed by atoms with Crippen LogP contribution in [0.25, 0.3) is 11.0 Å². The summed E-state index contributed by atoms with van der Waals surface area (Å²) in [6.07, 6.45) is 0.475. The van der Waals surface area contributed by atoms with E-state index in [0.717, 1.165) is 5.39 Å². The maximum absolute atomic E-state index is 12.3. The van der Waals surface area contributed by atoms with Crippen molar-refractivity contribution < 1.29 is 14.0 Å². The third-order valence-electron chi connectivity index (χ3n) is 3.32. The van der Waals surface area contributed by atoms with E-state index >= 15 is 0 Å². The SMILES string of the molecule is CC(C)CC(NC(=O)c1cc2ccccc2o1)C(=O)NCC#N. The molecule has 23 heavy (non-hydrogen) atoms. The number of carbonyl (C=O) groups is 2. The van der Waals surface area contributed by atoms with E-state index in [9.17, 15) is 9.59 Å². The summed E-state index contributed by atoms with van der Waals surface area (Å²) in [5.74, 6) is -0.444. The number of nitrogens with zero attached hydrogens (tertiary/aromatic N) is 1. The van der Waals surface area contributed by atoms with Gasteiger partial charge in [-0.15, -0.1) is 0 Å². The molecular formula is C17H19N3O3. The van der Waals surface area contributed by atoms with Gasteiger partial charge < -0.3 is 15.1 Å². The monoisotopic (exact) mass is 313 g/mol. The van der Waals surface area contributed by atoms with E-state index < -0.39 is 11.9 Å². The van der Waals surface area contributed by atoms with Crippen LogP contribution in [0.1, 0.15) is 30.8 Å². The molecule has 0 aliphatic heterocycles. The van der Waals surface area contributed by atoms with Crippen LogP contribution in [-0.2, 0) is 4.79 Å². The Kier molecular flexibility index (Phi) is 5.36. The highest BCUT2D eigenvalue weighted by Crippen LogP contribution is 2.19. The van der Waals surface area contributed by atoms with E-state index in [1.807, 2.05) is 38.1 Å². The quantitative estimate of drug-likeness (QED) is 0.799. The number of furan rings is 1. The first-order valence-corrected chi connectivity index (χ1v) is 7.45. The molecule has 2 amide bonds. The Labute approximate surface area is 134 Å². The number of rotatable bonds is 6. The Hall–Kier alpha value is -2.81. The van der Waals surface area contributed by atoms with Gasteiger partial charge in [0.15, 0.2) is 5.76 Å². The van der Waals surface area contributed by atoms with E-state index in [4.69, 9.17) is 9.68 Å². The molecule has 1 aromatic heterocycles. The zero-order valence-electron chi connectivity index (χ0n) is 13.1. The highest BCUT2D eigenvalue weighted by Gasteiger charge is 2.23. The third-order valence-corrected chi connectivity index (χ3v) is 3.32. The van der Waals surface area contributed by atoms with Crippen molar-refractivity contribution in [2.75, 3.05) is 6.54 Å². The normalized spacial score (nSPS) is 11.9. The van der Waals surface area contributed by atoms with Gasteiger partial charge in [-0.25, -0.2) is 0 Å². The highest BCUT2D eigenvalue weighted by atomic mass is 16.3. The van der Waals surface area contributed by atoms with Crippen molar-refractivity contribution in [3.8, 4) is 6.07 Å². The standard InChI is InChI=1S/C17H19N3O3/c1-11(2)9-13(16(21)19-8-7-18)20-17(22)15-10-12-5-3-4-6-14(12)23-15/h3-6,10-11,13H,8-9H2,1-2H3,(H,19,21)(H,20,22). The van der Waals surface area contributed by atoms with Crippen molar-refractivity contribution in [3.63, 3.8) is 0 Å². The summed E-state index contributed by atoms with van der Waals surface area (Å²) < 4.78 is 5.50. The second kappa shape index (κ2) is 7.45. The first-order chi connectivity index (χ1) is 11.0. The van der Waals surface area contributed by atoms with Crippen molar-refractivity contribution in [2.45, 2.75) is 26.3 Å². The molecule has 2 aromatic rings. The van der Waals surface area contributed by atoms with E-state index in [0.29, 0.717) is 12.0 Å². The minimum Gasteiger partial charge on any atom is -0.451 e. The van der Waals surface area contributed by atoms with E-state index in [1.54, 1.807) is 12.1 Å². The number of nitrogens with one attached hydrogen (secondary N) is 2. The Morgan fingerprint density at radius 2 is 2.04 bits per heavy atom. The van der Waals surface area contributed by atoms with Gasteiger partial charge in [0.05, 0.1) is 6.07 Å². The predicted octanol–water partition coefficient (Wildman–Crippen LogP) is 2.22. The Balaban J connectivity index is 2.12. The molecule has 0 aliphatic carbocycles. The number of nitriles is 1. The smallest absolute Gasteiger partial charge is 0.287 e. The molecule has 0 saturated heterocycles. The van der Waals surface area contributed by atoms with Gasteiger partial charge in [0.1, 0.15) is 18.2 Å². The van der Waals surface area contributed by atoms with E-state index in [2.05, 4.69) is 10.6 Å². The number of hydrogen-bond donors (Lipinski definition) is 2. The minimum absolute atomic E-state index is 0.0893. The van der Waals surface area contributed by atoms with Gasteiger partial charge in [0.25, 0.3) is 5.91 Å². The fraction of sp³-hybridized carbons (Fsp3) is 0.353. The lowest BCUT2D eigenvalue weighted by Gasteiger charge is -2.18. The molecule has 1 unspecified atom stereocenters. The number of para-hydroxylation sites is 1. The topological polar surface area (TPSA) is 95.1 Å². The molecule has 6 nitrogen and oxygen atoms in total. The van der Waals surface area contributed by atoms with Crippen LogP contribution in [0.4, 0.5) is 0 Å². The number of carbonyl (C=O) groups excluding carboxylic acids is 2. The zero-order chi connectivity index (χ0) is 16.8. The molecule has 0 saturated carbocycles. The molecule has 120 valence electrons.